The van der Waals surface area contributed by atoms with Crippen LogP contribution in [0.2, 0.25) is 0 Å². The zero-order valence-electron chi connectivity index (χ0n) is 9.48. The number of rotatable bonds is 6. The molecule has 1 aromatic carbocycles. The van der Waals surface area contributed by atoms with Crippen molar-refractivity contribution in [1.29, 1.82) is 0 Å². The van der Waals surface area contributed by atoms with Gasteiger partial charge in [0.15, 0.2) is 6.10 Å². The minimum absolute atomic E-state index is 0.317. The molecule has 88 valence electrons. The summed E-state index contributed by atoms with van der Waals surface area (Å²) in [5.41, 5.74) is 2.95. The van der Waals surface area contributed by atoms with Crippen LogP contribution in [-0.2, 0) is 9.53 Å². The molecule has 1 atom stereocenters. The predicted octanol–water partition coefficient (Wildman–Crippen LogP) is 1.53. The van der Waals surface area contributed by atoms with Crippen LogP contribution < -0.4 is 11.3 Å². The van der Waals surface area contributed by atoms with E-state index in [-0.39, 0.29) is 5.91 Å². The average Bonchev–Trinajstić information content (AvgIpc) is 2.35. The molecule has 3 N–H and O–H groups in total. The highest BCUT2D eigenvalue weighted by Gasteiger charge is 2.19. The monoisotopic (exact) mass is 222 g/mol. The zero-order chi connectivity index (χ0) is 11.8. The lowest BCUT2D eigenvalue weighted by atomic mass is 10.1. The summed E-state index contributed by atoms with van der Waals surface area (Å²) >= 11 is 0. The summed E-state index contributed by atoms with van der Waals surface area (Å²) in [7, 11) is 0. The SMILES string of the molecule is CCCCOC(C(=O)NN)c1ccccc1. The molecule has 4 heteroatoms. The average molecular weight is 222 g/mol. The molecule has 0 fully saturated rings. The van der Waals surface area contributed by atoms with Crippen molar-refractivity contribution in [3.05, 3.63) is 35.9 Å². The van der Waals surface area contributed by atoms with Crippen LogP contribution in [-0.4, -0.2) is 12.5 Å². The van der Waals surface area contributed by atoms with E-state index in [9.17, 15) is 4.79 Å². The third-order valence-corrected chi connectivity index (χ3v) is 2.27. The van der Waals surface area contributed by atoms with Crippen LogP contribution in [0.1, 0.15) is 31.4 Å². The number of benzene rings is 1. The van der Waals surface area contributed by atoms with Crippen LogP contribution >= 0.6 is 0 Å². The third-order valence-electron chi connectivity index (χ3n) is 2.27. The number of nitrogens with two attached hydrogens (primary N) is 1. The van der Waals surface area contributed by atoms with Crippen molar-refractivity contribution >= 4 is 5.91 Å². The molecule has 0 bridgehead atoms. The molecule has 1 aromatic rings. The van der Waals surface area contributed by atoms with Crippen molar-refractivity contribution in [3.8, 4) is 0 Å². The lowest BCUT2D eigenvalue weighted by Crippen LogP contribution is -2.36. The number of ether oxygens (including phenoxy) is 1. The smallest absolute Gasteiger partial charge is 0.267 e. The summed E-state index contributed by atoms with van der Waals surface area (Å²) in [6.45, 7) is 2.63. The Labute approximate surface area is 95.8 Å². The van der Waals surface area contributed by atoms with Gasteiger partial charge in [0.25, 0.3) is 5.91 Å². The Balaban J connectivity index is 2.68. The summed E-state index contributed by atoms with van der Waals surface area (Å²) in [6.07, 6.45) is 1.35. The lowest BCUT2D eigenvalue weighted by molar-refractivity contribution is -0.133. The van der Waals surface area contributed by atoms with E-state index >= 15 is 0 Å². The first-order chi connectivity index (χ1) is 7.79. The second-order valence-corrected chi connectivity index (χ2v) is 3.52. The van der Waals surface area contributed by atoms with Crippen LogP contribution in [0.25, 0.3) is 0 Å². The minimum Gasteiger partial charge on any atom is -0.364 e. The maximum Gasteiger partial charge on any atom is 0.267 e. The summed E-state index contributed by atoms with van der Waals surface area (Å²) in [4.78, 5) is 11.5. The van der Waals surface area contributed by atoms with Crippen molar-refractivity contribution in [2.24, 2.45) is 5.84 Å². The normalized spacial score (nSPS) is 12.1. The molecule has 0 saturated heterocycles. The standard InChI is InChI=1S/C12H18N2O2/c1-2-3-9-16-11(12(15)14-13)10-7-5-4-6-8-10/h4-8,11H,2-3,9,13H2,1H3,(H,14,15). The van der Waals surface area contributed by atoms with Crippen molar-refractivity contribution in [2.45, 2.75) is 25.9 Å². The van der Waals surface area contributed by atoms with E-state index < -0.39 is 6.10 Å². The molecule has 4 nitrogen and oxygen atoms in total. The van der Waals surface area contributed by atoms with Crippen LogP contribution in [0.15, 0.2) is 30.3 Å². The Kier molecular flexibility index (Phi) is 5.53. The number of hydrazine groups is 1. The van der Waals surface area contributed by atoms with Crippen molar-refractivity contribution in [2.75, 3.05) is 6.61 Å². The highest BCUT2D eigenvalue weighted by Crippen LogP contribution is 2.17. The number of carbonyl (C=O) groups excluding carboxylic acids is 1. The van der Waals surface area contributed by atoms with Gasteiger partial charge in [0.2, 0.25) is 0 Å². The first kappa shape index (κ1) is 12.7. The van der Waals surface area contributed by atoms with Crippen LogP contribution in [0.4, 0.5) is 0 Å². The van der Waals surface area contributed by atoms with Gasteiger partial charge >= 0.3 is 0 Å². The Morgan fingerprint density at radius 2 is 2.12 bits per heavy atom. The molecule has 0 aliphatic heterocycles. The zero-order valence-corrected chi connectivity index (χ0v) is 9.48. The first-order valence-corrected chi connectivity index (χ1v) is 5.46. The van der Waals surface area contributed by atoms with E-state index in [1.807, 2.05) is 30.3 Å². The molecule has 0 aliphatic carbocycles. The lowest BCUT2D eigenvalue weighted by Gasteiger charge is -2.16. The summed E-state index contributed by atoms with van der Waals surface area (Å²) < 4.78 is 5.53. The summed E-state index contributed by atoms with van der Waals surface area (Å²) in [5, 5.41) is 0. The fourth-order valence-electron chi connectivity index (χ4n) is 1.37. The fraction of sp³-hybridized carbons (Fsp3) is 0.417. The van der Waals surface area contributed by atoms with Crippen molar-refractivity contribution in [1.82, 2.24) is 5.43 Å². The quantitative estimate of drug-likeness (QED) is 0.332. The molecule has 1 unspecified atom stereocenters. The molecule has 0 heterocycles. The van der Waals surface area contributed by atoms with Gasteiger partial charge in [0.05, 0.1) is 0 Å². The van der Waals surface area contributed by atoms with Gasteiger partial charge in [-0.1, -0.05) is 43.7 Å². The highest BCUT2D eigenvalue weighted by molar-refractivity contribution is 5.81. The largest absolute Gasteiger partial charge is 0.364 e. The Hall–Kier alpha value is -1.39. The Morgan fingerprint density at radius 3 is 2.69 bits per heavy atom. The molecule has 0 spiro atoms. The van der Waals surface area contributed by atoms with E-state index in [1.54, 1.807) is 0 Å². The minimum atomic E-state index is -0.613. The van der Waals surface area contributed by atoms with Crippen molar-refractivity contribution in [3.63, 3.8) is 0 Å². The molecule has 1 rings (SSSR count). The highest BCUT2D eigenvalue weighted by atomic mass is 16.5. The topological polar surface area (TPSA) is 64.3 Å². The number of nitrogens with one attached hydrogen (secondary N) is 1. The first-order valence-electron chi connectivity index (χ1n) is 5.46. The van der Waals surface area contributed by atoms with Crippen LogP contribution in [0.5, 0.6) is 0 Å². The predicted molar refractivity (Wildman–Crippen MR) is 62.4 cm³/mol. The molecule has 1 amide bonds. The van der Waals surface area contributed by atoms with E-state index in [2.05, 4.69) is 12.3 Å². The molecule has 0 aliphatic rings. The van der Waals surface area contributed by atoms with Gasteiger partial charge in [0.1, 0.15) is 0 Å². The number of hydrogen-bond acceptors (Lipinski definition) is 3. The molecule has 0 saturated carbocycles. The molecular weight excluding hydrogens is 204 g/mol. The molecule has 0 aromatic heterocycles. The second kappa shape index (κ2) is 6.98. The number of unbranched alkanes of at least 4 members (excludes halogenated alkanes) is 1. The van der Waals surface area contributed by atoms with E-state index in [0.717, 1.165) is 18.4 Å². The maximum atomic E-state index is 11.5. The Bertz CT molecular complexity index is 314. The second-order valence-electron chi connectivity index (χ2n) is 3.52. The summed E-state index contributed by atoms with van der Waals surface area (Å²) in [6, 6.07) is 9.34. The van der Waals surface area contributed by atoms with Gasteiger partial charge in [-0.15, -0.1) is 0 Å². The Morgan fingerprint density at radius 1 is 1.44 bits per heavy atom. The van der Waals surface area contributed by atoms with Gasteiger partial charge in [-0.25, -0.2) is 5.84 Å². The molecule has 16 heavy (non-hydrogen) atoms. The van der Waals surface area contributed by atoms with E-state index in [1.165, 1.54) is 0 Å². The number of carbonyl (C=O) groups is 1. The number of hydrogen-bond donors (Lipinski definition) is 2. The molecule has 0 radical (unpaired) electrons. The number of amides is 1. The van der Waals surface area contributed by atoms with E-state index in [4.69, 9.17) is 10.6 Å². The van der Waals surface area contributed by atoms with Crippen LogP contribution in [0.3, 0.4) is 0 Å². The third kappa shape index (κ3) is 3.64. The fourth-order valence-corrected chi connectivity index (χ4v) is 1.37. The van der Waals surface area contributed by atoms with Crippen molar-refractivity contribution < 1.29 is 9.53 Å². The van der Waals surface area contributed by atoms with Gasteiger partial charge in [-0.2, -0.15) is 0 Å². The van der Waals surface area contributed by atoms with Gasteiger partial charge in [-0.05, 0) is 12.0 Å². The molecular formula is C12H18N2O2. The maximum absolute atomic E-state index is 11.5. The van der Waals surface area contributed by atoms with Gasteiger partial charge in [-0.3, -0.25) is 10.2 Å². The van der Waals surface area contributed by atoms with Crippen LogP contribution in [0, 0.1) is 0 Å². The van der Waals surface area contributed by atoms with E-state index in [0.29, 0.717) is 6.61 Å². The van der Waals surface area contributed by atoms with Gasteiger partial charge < -0.3 is 4.74 Å². The van der Waals surface area contributed by atoms with Gasteiger partial charge in [0, 0.05) is 6.61 Å². The summed E-state index contributed by atoms with van der Waals surface area (Å²) in [5.74, 6) is 4.82.